The van der Waals surface area contributed by atoms with Gasteiger partial charge in [-0.1, -0.05) is 85.0 Å². The van der Waals surface area contributed by atoms with Crippen LogP contribution in [0.3, 0.4) is 0 Å². The summed E-state index contributed by atoms with van der Waals surface area (Å²) in [5, 5.41) is 22.9. The van der Waals surface area contributed by atoms with Crippen molar-refractivity contribution in [1.29, 1.82) is 5.26 Å². The molecule has 1 aromatic heterocycles. The standard InChI is InChI=1S/C25H17N4.C5H5.Fe/c1-29-24(17-27)23(16-26)28-25(29)22-14-10-19(11-15-22)7-6-18-8-12-21(13-9-18)20-4-2-3-5-20;1-2-4-5-3-1;/h2-15H,1H3;1-5H;/q2*-1;+2. The van der Waals surface area contributed by atoms with Gasteiger partial charge in [0.15, 0.2) is 5.69 Å². The van der Waals surface area contributed by atoms with Gasteiger partial charge in [0.05, 0.1) is 5.35 Å². The number of hydrogen-bond donors (Lipinski definition) is 0. The van der Waals surface area contributed by atoms with Gasteiger partial charge in [0.1, 0.15) is 11.5 Å². The molecule has 35 heavy (non-hydrogen) atoms. The van der Waals surface area contributed by atoms with Crippen LogP contribution in [0.4, 0.5) is 0 Å². The third-order valence-corrected chi connectivity index (χ3v) is 5.41. The zero-order valence-corrected chi connectivity index (χ0v) is 20.2. The molecule has 0 aliphatic heterocycles. The number of hydrogen-bond acceptors (Lipinski definition) is 2. The Morgan fingerprint density at radius 3 is 1.94 bits per heavy atom. The number of imidazole rings is 1. The Morgan fingerprint density at radius 1 is 0.914 bits per heavy atom. The van der Waals surface area contributed by atoms with Crippen molar-refractivity contribution in [1.82, 2.24) is 9.55 Å². The fourth-order valence-corrected chi connectivity index (χ4v) is 3.57. The van der Waals surface area contributed by atoms with Crippen LogP contribution < -0.4 is 21.0 Å². The van der Waals surface area contributed by atoms with Gasteiger partial charge in [-0.25, -0.2) is 29.4 Å². The van der Waals surface area contributed by atoms with Crippen LogP contribution in [-0.2, 0) is 24.1 Å². The van der Waals surface area contributed by atoms with Crippen LogP contribution in [-0.4, -0.2) is 15.4 Å². The first-order valence-corrected chi connectivity index (χ1v) is 10.8. The zero-order valence-electron chi connectivity index (χ0n) is 19.1. The van der Waals surface area contributed by atoms with Crippen molar-refractivity contribution in [3.05, 3.63) is 147 Å². The first-order valence-electron chi connectivity index (χ1n) is 10.8. The minimum Gasteiger partial charge on any atom is -0.761 e. The molecule has 170 valence electrons. The van der Waals surface area contributed by atoms with Gasteiger partial charge in [0.2, 0.25) is 0 Å². The van der Waals surface area contributed by atoms with E-state index in [0.717, 1.165) is 15.7 Å². The molecule has 0 unspecified atom stereocenters. The minimum absolute atomic E-state index is 0. The molecule has 4 nitrogen and oxygen atoms in total. The SMILES string of the molecule is Cn1c(=c2ccc(=CC=c3ccc(=C4C=CC=C4)cc3)cc2)nc(C#N)c1=C=[N-].[CH]1[CH][CH-]C=C1.[Fe+2]. The molecule has 0 saturated heterocycles. The van der Waals surface area contributed by atoms with E-state index in [1.165, 1.54) is 10.8 Å². The fraction of sp³-hybridized carbons (Fsp3) is 0.0333. The zero-order chi connectivity index (χ0) is 23.8. The maximum Gasteiger partial charge on any atom is 2.00 e. The van der Waals surface area contributed by atoms with Gasteiger partial charge in [0, 0.05) is 12.3 Å². The van der Waals surface area contributed by atoms with E-state index in [2.05, 4.69) is 53.6 Å². The van der Waals surface area contributed by atoms with E-state index in [1.54, 1.807) is 11.6 Å². The van der Waals surface area contributed by atoms with Crippen LogP contribution in [0, 0.1) is 41.3 Å². The fourth-order valence-electron chi connectivity index (χ4n) is 3.57. The number of benzene rings is 2. The van der Waals surface area contributed by atoms with Crippen molar-refractivity contribution in [3.63, 3.8) is 0 Å². The van der Waals surface area contributed by atoms with Crippen molar-refractivity contribution in [2.75, 3.05) is 0 Å². The van der Waals surface area contributed by atoms with Crippen LogP contribution in [0.25, 0.3) is 23.1 Å². The maximum atomic E-state index is 9.21. The quantitative estimate of drug-likeness (QED) is 0.296. The summed E-state index contributed by atoms with van der Waals surface area (Å²) in [5.74, 6) is 2.03. The Balaban J connectivity index is 0.000000509. The molecule has 2 radical (unpaired) electrons. The molecule has 0 fully saturated rings. The molecule has 2 aromatic carbocycles. The summed E-state index contributed by atoms with van der Waals surface area (Å²) in [6.07, 6.45) is 22.4. The predicted octanol–water partition coefficient (Wildman–Crippen LogP) is 2.19. The summed E-state index contributed by atoms with van der Waals surface area (Å²) in [6.45, 7) is 0. The van der Waals surface area contributed by atoms with Crippen molar-refractivity contribution >= 4 is 23.6 Å². The van der Waals surface area contributed by atoms with Crippen LogP contribution >= 0.6 is 0 Å². The van der Waals surface area contributed by atoms with Gasteiger partial charge in [0.25, 0.3) is 0 Å². The topological polar surface area (TPSA) is 63.9 Å². The van der Waals surface area contributed by atoms with Crippen LogP contribution in [0.15, 0.2) is 85.0 Å². The largest absolute Gasteiger partial charge is 2.00 e. The molecule has 2 aliphatic rings. The van der Waals surface area contributed by atoms with Crippen molar-refractivity contribution in [2.24, 2.45) is 7.05 Å². The molecule has 0 N–H and O–H groups in total. The molecule has 0 amide bonds. The Kier molecular flexibility index (Phi) is 9.07. The van der Waals surface area contributed by atoms with E-state index < -0.39 is 0 Å². The number of rotatable bonds is 1. The van der Waals surface area contributed by atoms with Crippen molar-refractivity contribution in [2.45, 2.75) is 0 Å². The van der Waals surface area contributed by atoms with Gasteiger partial charge in [-0.05, 0) is 21.2 Å². The first kappa shape index (κ1) is 25.6. The summed E-state index contributed by atoms with van der Waals surface area (Å²) in [4.78, 5) is 4.28. The average molecular weight is 494 g/mol. The smallest absolute Gasteiger partial charge is 0.761 e. The molecule has 5 heteroatoms. The number of allylic oxidation sites excluding steroid dienone is 6. The second-order valence-electron chi connectivity index (χ2n) is 7.63. The van der Waals surface area contributed by atoms with E-state index >= 15 is 0 Å². The monoisotopic (exact) mass is 494 g/mol. The van der Waals surface area contributed by atoms with Gasteiger partial charge in [-0.15, -0.1) is 12.8 Å². The van der Waals surface area contributed by atoms with Crippen LogP contribution in [0.5, 0.6) is 0 Å². The minimum atomic E-state index is 0. The molecular formula is C30H22FeN4. The maximum absolute atomic E-state index is 9.21. The van der Waals surface area contributed by atoms with Crippen LogP contribution in [0.1, 0.15) is 5.69 Å². The third kappa shape index (κ3) is 6.29. The summed E-state index contributed by atoms with van der Waals surface area (Å²) in [5.41, 5.74) is 1.99. The normalized spacial score (nSPS) is 12.6. The Hall–Kier alpha value is -4.06. The van der Waals surface area contributed by atoms with Crippen molar-refractivity contribution < 1.29 is 17.1 Å². The second-order valence-corrected chi connectivity index (χ2v) is 7.63. The Labute approximate surface area is 215 Å². The van der Waals surface area contributed by atoms with E-state index in [9.17, 15) is 5.41 Å². The van der Waals surface area contributed by atoms with E-state index in [4.69, 9.17) is 5.26 Å². The molecule has 0 saturated carbocycles. The molecule has 5 rings (SSSR count). The molecule has 3 aromatic rings. The van der Waals surface area contributed by atoms with Gasteiger partial charge >= 0.3 is 17.1 Å². The summed E-state index contributed by atoms with van der Waals surface area (Å²) in [6, 6.07) is 18.3. The third-order valence-electron chi connectivity index (χ3n) is 5.41. The number of aromatic nitrogens is 2. The van der Waals surface area contributed by atoms with E-state index in [1.807, 2.05) is 79.8 Å². The molecular weight excluding hydrogens is 472 g/mol. The molecule has 1 heterocycles. The predicted molar refractivity (Wildman–Crippen MR) is 137 cm³/mol. The summed E-state index contributed by atoms with van der Waals surface area (Å²) >= 11 is 0. The molecule has 0 atom stereocenters. The Morgan fingerprint density at radius 2 is 1.51 bits per heavy atom. The van der Waals surface area contributed by atoms with Crippen molar-refractivity contribution in [3.8, 4) is 6.07 Å². The van der Waals surface area contributed by atoms with E-state index in [-0.39, 0.29) is 28.1 Å². The molecule has 0 spiro atoms. The number of nitriles is 1. The second kappa shape index (κ2) is 12.4. The first-order chi connectivity index (χ1) is 16.7. The van der Waals surface area contributed by atoms with Gasteiger partial charge in [-0.3, -0.25) is 0 Å². The summed E-state index contributed by atoms with van der Waals surface area (Å²) < 4.78 is 1.65. The van der Waals surface area contributed by atoms with Crippen LogP contribution in [0.2, 0.25) is 0 Å². The average Bonchev–Trinajstić information content (AvgIpc) is 3.67. The Bertz CT molecular complexity index is 1640. The summed E-state index contributed by atoms with van der Waals surface area (Å²) in [7, 11) is 1.74. The molecule has 2 aliphatic carbocycles. The van der Waals surface area contributed by atoms with Gasteiger partial charge in [-0.2, -0.15) is 5.26 Å². The number of nitrogens with zero attached hydrogens (tertiary/aromatic N) is 4. The molecule has 0 bridgehead atoms. The van der Waals surface area contributed by atoms with E-state index in [0.29, 0.717) is 5.48 Å². The van der Waals surface area contributed by atoms with Gasteiger partial charge < -0.3 is 9.98 Å².